The molecule has 1 aromatic heterocycles. The number of nitrogens with zero attached hydrogens (tertiary/aromatic N) is 1. The maximum atomic E-state index is 4.37. The van der Waals surface area contributed by atoms with Crippen LogP contribution in [0.2, 0.25) is 0 Å². The molecule has 0 saturated carbocycles. The van der Waals surface area contributed by atoms with Crippen LogP contribution in [0.25, 0.3) is 11.6 Å². The van der Waals surface area contributed by atoms with Crippen molar-refractivity contribution in [3.05, 3.63) is 42.2 Å². The quantitative estimate of drug-likeness (QED) is 0.646. The predicted octanol–water partition coefficient (Wildman–Crippen LogP) is 3.07. The number of aromatic nitrogens is 1. The molecular formula is C11H13N. The molecule has 0 fully saturated rings. The van der Waals surface area contributed by atoms with Gasteiger partial charge in [0.15, 0.2) is 0 Å². The van der Waals surface area contributed by atoms with E-state index in [0.29, 0.717) is 0 Å². The number of hydrogen-bond acceptors (Lipinski definition) is 1. The highest BCUT2D eigenvalue weighted by atomic mass is 14.7. The zero-order valence-electron chi connectivity index (χ0n) is 7.59. The minimum absolute atomic E-state index is 0.949. The average molecular weight is 159 g/mol. The summed E-state index contributed by atoms with van der Waals surface area (Å²) in [6.45, 7) is 11.5. The molecule has 0 bridgehead atoms. The van der Waals surface area contributed by atoms with Crippen molar-refractivity contribution in [2.45, 2.75) is 13.8 Å². The van der Waals surface area contributed by atoms with Crippen LogP contribution in [0.15, 0.2) is 25.3 Å². The monoisotopic (exact) mass is 159 g/mol. The van der Waals surface area contributed by atoms with Gasteiger partial charge in [-0.05, 0) is 31.1 Å². The maximum absolute atomic E-state index is 4.37. The molecule has 0 spiro atoms. The molecule has 1 nitrogen and oxygen atoms in total. The maximum Gasteiger partial charge on any atom is 0.0728 e. The summed E-state index contributed by atoms with van der Waals surface area (Å²) < 4.78 is 0. The lowest BCUT2D eigenvalue weighted by Gasteiger charge is -2.04. The molecule has 0 aliphatic rings. The SMILES string of the molecule is C=Cc1ccc(C)nc1C(=C)C. The van der Waals surface area contributed by atoms with E-state index >= 15 is 0 Å². The Morgan fingerprint density at radius 3 is 2.67 bits per heavy atom. The second-order valence-corrected chi connectivity index (χ2v) is 2.87. The van der Waals surface area contributed by atoms with Crippen LogP contribution in [0.3, 0.4) is 0 Å². The second-order valence-electron chi connectivity index (χ2n) is 2.87. The fraction of sp³-hybridized carbons (Fsp3) is 0.182. The van der Waals surface area contributed by atoms with Crippen molar-refractivity contribution in [3.8, 4) is 0 Å². The van der Waals surface area contributed by atoms with Crippen LogP contribution in [0.5, 0.6) is 0 Å². The third-order valence-corrected chi connectivity index (χ3v) is 1.69. The van der Waals surface area contributed by atoms with Crippen molar-refractivity contribution in [1.29, 1.82) is 0 Å². The van der Waals surface area contributed by atoms with Gasteiger partial charge in [-0.3, -0.25) is 4.98 Å². The Morgan fingerprint density at radius 1 is 1.50 bits per heavy atom. The van der Waals surface area contributed by atoms with Crippen molar-refractivity contribution in [3.63, 3.8) is 0 Å². The van der Waals surface area contributed by atoms with E-state index in [9.17, 15) is 0 Å². The van der Waals surface area contributed by atoms with Gasteiger partial charge in [-0.25, -0.2) is 0 Å². The van der Waals surface area contributed by atoms with Gasteiger partial charge in [0.25, 0.3) is 0 Å². The van der Waals surface area contributed by atoms with Crippen LogP contribution in [-0.2, 0) is 0 Å². The summed E-state index contributed by atoms with van der Waals surface area (Å²) in [5.41, 5.74) is 3.99. The van der Waals surface area contributed by atoms with Gasteiger partial charge in [-0.2, -0.15) is 0 Å². The summed E-state index contributed by atoms with van der Waals surface area (Å²) in [6, 6.07) is 3.99. The minimum Gasteiger partial charge on any atom is -0.253 e. The van der Waals surface area contributed by atoms with Gasteiger partial charge in [-0.1, -0.05) is 25.3 Å². The topological polar surface area (TPSA) is 12.9 Å². The molecule has 62 valence electrons. The number of aryl methyl sites for hydroxylation is 1. The summed E-state index contributed by atoms with van der Waals surface area (Å²) in [5, 5.41) is 0. The first-order valence-corrected chi connectivity index (χ1v) is 3.91. The standard InChI is InChI=1S/C11H13N/c1-5-10-7-6-9(4)12-11(10)8(2)3/h5-7H,1-2H2,3-4H3. The van der Waals surface area contributed by atoms with E-state index in [-0.39, 0.29) is 0 Å². The summed E-state index contributed by atoms with van der Waals surface area (Å²) in [6.07, 6.45) is 1.80. The lowest BCUT2D eigenvalue weighted by Crippen LogP contribution is -1.92. The van der Waals surface area contributed by atoms with E-state index in [1.54, 1.807) is 6.08 Å². The highest BCUT2D eigenvalue weighted by molar-refractivity contribution is 5.68. The van der Waals surface area contributed by atoms with Gasteiger partial charge < -0.3 is 0 Å². The molecule has 1 heteroatoms. The van der Waals surface area contributed by atoms with Gasteiger partial charge >= 0.3 is 0 Å². The molecule has 0 N–H and O–H groups in total. The normalized spacial score (nSPS) is 9.50. The smallest absolute Gasteiger partial charge is 0.0728 e. The highest BCUT2D eigenvalue weighted by Crippen LogP contribution is 2.16. The molecule has 0 amide bonds. The molecule has 0 unspecified atom stereocenters. The van der Waals surface area contributed by atoms with E-state index in [0.717, 1.165) is 22.5 Å². The van der Waals surface area contributed by atoms with Gasteiger partial charge in [0, 0.05) is 5.69 Å². The van der Waals surface area contributed by atoms with Gasteiger partial charge in [0.2, 0.25) is 0 Å². The molecule has 0 aliphatic heterocycles. The van der Waals surface area contributed by atoms with Gasteiger partial charge in [-0.15, -0.1) is 0 Å². The second kappa shape index (κ2) is 3.35. The van der Waals surface area contributed by atoms with Crippen molar-refractivity contribution >= 4 is 11.6 Å². The summed E-state index contributed by atoms with van der Waals surface area (Å²) in [5.74, 6) is 0. The van der Waals surface area contributed by atoms with Crippen molar-refractivity contribution in [2.75, 3.05) is 0 Å². The van der Waals surface area contributed by atoms with Crippen LogP contribution in [0, 0.1) is 6.92 Å². The van der Waals surface area contributed by atoms with E-state index < -0.39 is 0 Å². The number of pyridine rings is 1. The summed E-state index contributed by atoms with van der Waals surface area (Å²) in [7, 11) is 0. The first-order valence-electron chi connectivity index (χ1n) is 3.91. The Kier molecular flexibility index (Phi) is 2.44. The minimum atomic E-state index is 0.949. The molecule has 1 aromatic rings. The predicted molar refractivity (Wildman–Crippen MR) is 53.8 cm³/mol. The van der Waals surface area contributed by atoms with Crippen LogP contribution < -0.4 is 0 Å². The summed E-state index contributed by atoms with van der Waals surface area (Å²) in [4.78, 5) is 4.37. The lowest BCUT2D eigenvalue weighted by atomic mass is 10.1. The van der Waals surface area contributed by atoms with Crippen LogP contribution in [0.4, 0.5) is 0 Å². The van der Waals surface area contributed by atoms with Crippen LogP contribution in [-0.4, -0.2) is 4.98 Å². The molecule has 0 aromatic carbocycles. The van der Waals surface area contributed by atoms with Crippen molar-refractivity contribution in [1.82, 2.24) is 4.98 Å². The largest absolute Gasteiger partial charge is 0.253 e. The Labute approximate surface area is 73.5 Å². The zero-order chi connectivity index (χ0) is 9.14. The number of rotatable bonds is 2. The van der Waals surface area contributed by atoms with Crippen molar-refractivity contribution in [2.24, 2.45) is 0 Å². The molecule has 0 atom stereocenters. The number of allylic oxidation sites excluding steroid dienone is 1. The molecular weight excluding hydrogens is 146 g/mol. The first kappa shape index (κ1) is 8.72. The van der Waals surface area contributed by atoms with E-state index in [2.05, 4.69) is 18.1 Å². The Bertz CT molecular complexity index is 324. The third-order valence-electron chi connectivity index (χ3n) is 1.69. The Morgan fingerprint density at radius 2 is 2.17 bits per heavy atom. The first-order chi connectivity index (χ1) is 5.65. The van der Waals surface area contributed by atoms with Gasteiger partial charge in [0.05, 0.1) is 5.69 Å². The molecule has 0 aliphatic carbocycles. The number of hydrogen-bond donors (Lipinski definition) is 0. The molecule has 12 heavy (non-hydrogen) atoms. The fourth-order valence-electron chi connectivity index (χ4n) is 1.07. The van der Waals surface area contributed by atoms with E-state index in [1.807, 2.05) is 26.0 Å². The zero-order valence-corrected chi connectivity index (χ0v) is 7.59. The van der Waals surface area contributed by atoms with Crippen LogP contribution in [0.1, 0.15) is 23.9 Å². The molecule has 0 radical (unpaired) electrons. The summed E-state index contributed by atoms with van der Waals surface area (Å²) >= 11 is 0. The average Bonchev–Trinajstić information content (AvgIpc) is 2.04. The van der Waals surface area contributed by atoms with E-state index in [4.69, 9.17) is 0 Å². The van der Waals surface area contributed by atoms with E-state index in [1.165, 1.54) is 0 Å². The van der Waals surface area contributed by atoms with Crippen molar-refractivity contribution < 1.29 is 0 Å². The lowest BCUT2D eigenvalue weighted by molar-refractivity contribution is 1.16. The van der Waals surface area contributed by atoms with Gasteiger partial charge in [0.1, 0.15) is 0 Å². The molecule has 0 saturated heterocycles. The van der Waals surface area contributed by atoms with Crippen LogP contribution >= 0.6 is 0 Å². The Hall–Kier alpha value is -1.37. The highest BCUT2D eigenvalue weighted by Gasteiger charge is 2.00. The fourth-order valence-corrected chi connectivity index (χ4v) is 1.07. The molecule has 1 rings (SSSR count). The Balaban J connectivity index is 3.30. The third kappa shape index (κ3) is 1.62. The molecule has 1 heterocycles.